The van der Waals surface area contributed by atoms with Crippen molar-refractivity contribution in [2.45, 2.75) is 101 Å². The van der Waals surface area contributed by atoms with Gasteiger partial charge in [0.15, 0.2) is 11.5 Å². The van der Waals surface area contributed by atoms with Crippen LogP contribution in [0.4, 0.5) is 35.1 Å². The van der Waals surface area contributed by atoms with E-state index < -0.39 is 41.0 Å². The van der Waals surface area contributed by atoms with Gasteiger partial charge in [-0.1, -0.05) is 19.3 Å². The van der Waals surface area contributed by atoms with E-state index in [2.05, 4.69) is 30.2 Å². The third kappa shape index (κ3) is 7.20. The maximum absolute atomic E-state index is 14.6. The first-order valence-electron chi connectivity index (χ1n) is 18.6. The molecule has 1 saturated heterocycles. The molecule has 282 valence electrons. The van der Waals surface area contributed by atoms with Crippen LogP contribution in [0.15, 0.2) is 30.9 Å². The van der Waals surface area contributed by atoms with E-state index >= 15 is 0 Å². The van der Waals surface area contributed by atoms with Crippen LogP contribution in [-0.2, 0) is 16.4 Å². The van der Waals surface area contributed by atoms with Gasteiger partial charge in [-0.2, -0.15) is 13.2 Å². The minimum Gasteiger partial charge on any atom is -0.481 e. The Morgan fingerprint density at radius 3 is 2.23 bits per heavy atom. The van der Waals surface area contributed by atoms with Crippen molar-refractivity contribution < 1.29 is 37.0 Å². The van der Waals surface area contributed by atoms with Gasteiger partial charge in [0.25, 0.3) is 5.91 Å². The van der Waals surface area contributed by atoms with Crippen molar-refractivity contribution in [3.63, 3.8) is 0 Å². The predicted octanol–water partition coefficient (Wildman–Crippen LogP) is 6.23. The normalized spacial score (nSPS) is 25.6. The number of pyridine rings is 1. The minimum absolute atomic E-state index is 0.104. The Morgan fingerprint density at radius 1 is 0.887 bits per heavy atom. The van der Waals surface area contributed by atoms with Crippen molar-refractivity contribution in [1.29, 1.82) is 0 Å². The summed E-state index contributed by atoms with van der Waals surface area (Å²) in [6, 6.07) is 1.57. The third-order valence-corrected chi connectivity index (χ3v) is 12.0. The summed E-state index contributed by atoms with van der Waals surface area (Å²) in [5, 5.41) is 12.3. The maximum atomic E-state index is 14.6. The van der Waals surface area contributed by atoms with Gasteiger partial charge in [0.1, 0.15) is 6.10 Å². The number of hydrogen-bond donors (Lipinski definition) is 2. The first kappa shape index (κ1) is 35.4. The molecule has 3 aromatic rings. The number of piperidine rings is 1. The zero-order valence-electron chi connectivity index (χ0n) is 29.2. The summed E-state index contributed by atoms with van der Waals surface area (Å²) in [7, 11) is 0. The number of anilines is 3. The number of carbonyl (C=O) groups excluding carboxylic acids is 1. The lowest BCUT2D eigenvalue weighted by atomic mass is 9.66. The van der Waals surface area contributed by atoms with Crippen molar-refractivity contribution in [2.75, 3.05) is 29.4 Å². The molecule has 2 aliphatic heterocycles. The summed E-state index contributed by atoms with van der Waals surface area (Å²) in [4.78, 5) is 49.8. The number of aliphatic carboxylic acids is 1. The number of amides is 1. The second-order valence-electron chi connectivity index (χ2n) is 15.5. The topological polar surface area (TPSA) is 147 Å². The molecule has 4 fully saturated rings. The molecular formula is C37H42F4N8O4. The molecule has 0 radical (unpaired) electrons. The zero-order chi connectivity index (χ0) is 36.9. The van der Waals surface area contributed by atoms with Gasteiger partial charge in [-0.25, -0.2) is 29.3 Å². The number of fused-ring (bicyclic) bond motifs is 4. The molecule has 3 saturated carbocycles. The van der Waals surface area contributed by atoms with Gasteiger partial charge in [0.2, 0.25) is 17.8 Å². The number of alkyl halides is 3. The molecule has 2 unspecified atom stereocenters. The van der Waals surface area contributed by atoms with Crippen LogP contribution in [0, 0.1) is 23.6 Å². The average Bonchev–Trinajstić information content (AvgIpc) is 3.43. The quantitative estimate of drug-likeness (QED) is 0.266. The Kier molecular flexibility index (Phi) is 9.34. The predicted molar refractivity (Wildman–Crippen MR) is 183 cm³/mol. The molecule has 5 heterocycles. The van der Waals surface area contributed by atoms with E-state index in [9.17, 15) is 32.3 Å². The summed E-state index contributed by atoms with van der Waals surface area (Å²) in [6.45, 7) is 1.63. The van der Waals surface area contributed by atoms with Crippen molar-refractivity contribution in [3.8, 4) is 5.88 Å². The van der Waals surface area contributed by atoms with Crippen LogP contribution < -0.4 is 19.9 Å². The Labute approximate surface area is 303 Å². The highest BCUT2D eigenvalue weighted by atomic mass is 19.4. The number of aromatic nitrogens is 5. The molecule has 8 rings (SSSR count). The smallest absolute Gasteiger partial charge is 0.434 e. The third-order valence-electron chi connectivity index (χ3n) is 12.0. The van der Waals surface area contributed by atoms with E-state index in [0.29, 0.717) is 75.7 Å². The monoisotopic (exact) mass is 738 g/mol. The van der Waals surface area contributed by atoms with E-state index in [4.69, 9.17) is 4.74 Å². The number of carbonyl (C=O) groups is 2. The standard InChI is InChI=1S/C37H42F4N8O4/c38-24-16-43-34(44-17-24)48-8-4-26(5-9-48)53-30-15-28-29(19-42-30)49(20-36(28)6-2-1-3-7-36)35-45-18-27(31(47-35)37(39,40)41)32(50)46-25-13-21-10-22(14-25)12-23(11-21)33(51)52/h15-19,21-23,25-26H,1-14,20H2,(H,46,50)(H,51,52). The number of carboxylic acids is 1. The van der Waals surface area contributed by atoms with Crippen molar-refractivity contribution in [1.82, 2.24) is 30.2 Å². The number of hydrogen-bond acceptors (Lipinski definition) is 10. The second kappa shape index (κ2) is 14.0. The van der Waals surface area contributed by atoms with Crippen LogP contribution >= 0.6 is 0 Å². The molecule has 1 spiro atoms. The molecular weight excluding hydrogens is 696 g/mol. The van der Waals surface area contributed by atoms with Crippen LogP contribution in [0.3, 0.4) is 0 Å². The van der Waals surface area contributed by atoms with Gasteiger partial charge < -0.3 is 25.0 Å². The molecule has 3 aliphatic carbocycles. The fourth-order valence-electron chi connectivity index (χ4n) is 9.57. The number of nitrogens with one attached hydrogen (secondary N) is 1. The fraction of sp³-hybridized carbons (Fsp3) is 0.595. The SMILES string of the molecule is O=C(NC1CC2CC(C1)CC(C(=O)O)C2)c1cnc(N2CC3(CCCCC3)c3cc(OC4CCN(c5ncc(F)cn5)CC4)ncc32)nc1C(F)(F)F. The Morgan fingerprint density at radius 2 is 1.57 bits per heavy atom. The highest BCUT2D eigenvalue weighted by Crippen LogP contribution is 2.52. The molecule has 0 aromatic carbocycles. The number of ether oxygens (including phenoxy) is 1. The zero-order valence-corrected chi connectivity index (χ0v) is 29.2. The molecule has 2 atom stereocenters. The average molecular weight is 739 g/mol. The van der Waals surface area contributed by atoms with E-state index in [-0.39, 0.29) is 35.3 Å². The van der Waals surface area contributed by atoms with Crippen molar-refractivity contribution in [3.05, 3.63) is 53.5 Å². The van der Waals surface area contributed by atoms with Gasteiger partial charge in [-0.3, -0.25) is 9.59 Å². The van der Waals surface area contributed by atoms with Gasteiger partial charge in [-0.15, -0.1) is 0 Å². The Balaban J connectivity index is 1.00. The van der Waals surface area contributed by atoms with Gasteiger partial charge in [0.05, 0.1) is 35.8 Å². The number of rotatable bonds is 7. The van der Waals surface area contributed by atoms with Crippen molar-refractivity contribution in [2.24, 2.45) is 17.8 Å². The molecule has 1 amide bonds. The first-order chi connectivity index (χ1) is 25.4. The van der Waals surface area contributed by atoms with Crippen LogP contribution in [0.2, 0.25) is 0 Å². The second-order valence-corrected chi connectivity index (χ2v) is 15.5. The first-order valence-corrected chi connectivity index (χ1v) is 18.6. The Bertz CT molecular complexity index is 1840. The Hall–Kier alpha value is -4.63. The van der Waals surface area contributed by atoms with E-state index in [1.54, 1.807) is 11.1 Å². The number of halogens is 4. The minimum atomic E-state index is -4.92. The summed E-state index contributed by atoms with van der Waals surface area (Å²) >= 11 is 0. The van der Waals surface area contributed by atoms with Crippen LogP contribution in [0.5, 0.6) is 5.88 Å². The lowest BCUT2D eigenvalue weighted by Crippen LogP contribution is -2.44. The van der Waals surface area contributed by atoms with E-state index in [1.165, 1.54) is 0 Å². The van der Waals surface area contributed by atoms with E-state index in [1.807, 2.05) is 11.0 Å². The molecule has 53 heavy (non-hydrogen) atoms. The highest BCUT2D eigenvalue weighted by molar-refractivity contribution is 5.95. The maximum Gasteiger partial charge on any atom is 0.434 e. The number of carboxylic acid groups (broad SMARTS) is 1. The van der Waals surface area contributed by atoms with Gasteiger partial charge in [-0.05, 0) is 62.3 Å². The van der Waals surface area contributed by atoms with Crippen molar-refractivity contribution >= 4 is 29.5 Å². The van der Waals surface area contributed by atoms with Gasteiger partial charge in [0, 0.05) is 56.2 Å². The molecule has 2 bridgehead atoms. The van der Waals surface area contributed by atoms with Crippen LogP contribution in [0.25, 0.3) is 0 Å². The lowest BCUT2D eigenvalue weighted by molar-refractivity contribution is -0.144. The molecule has 2 N–H and O–H groups in total. The molecule has 16 heteroatoms. The fourth-order valence-corrected chi connectivity index (χ4v) is 9.57. The summed E-state index contributed by atoms with van der Waals surface area (Å²) < 4.78 is 63.5. The van der Waals surface area contributed by atoms with Crippen LogP contribution in [0.1, 0.15) is 98.7 Å². The summed E-state index contributed by atoms with van der Waals surface area (Å²) in [5.41, 5.74) is -0.689. The summed E-state index contributed by atoms with van der Waals surface area (Å²) in [6.07, 6.45) is 8.89. The molecule has 12 nitrogen and oxygen atoms in total. The lowest BCUT2D eigenvalue weighted by Gasteiger charge is -2.41. The van der Waals surface area contributed by atoms with Gasteiger partial charge >= 0.3 is 12.1 Å². The summed E-state index contributed by atoms with van der Waals surface area (Å²) in [5.74, 6) is -1.63. The van der Waals surface area contributed by atoms with Crippen LogP contribution in [-0.4, -0.2) is 73.7 Å². The highest BCUT2D eigenvalue weighted by Gasteiger charge is 2.47. The molecule has 3 aromatic heterocycles. The molecule has 5 aliphatic rings. The number of nitrogens with zero attached hydrogens (tertiary/aromatic N) is 7. The van der Waals surface area contributed by atoms with E-state index in [0.717, 1.165) is 62.7 Å². The largest absolute Gasteiger partial charge is 0.481 e.